The molecule has 23 heavy (non-hydrogen) atoms. The molecule has 0 aliphatic carbocycles. The lowest BCUT2D eigenvalue weighted by Gasteiger charge is -2.09. The van der Waals surface area contributed by atoms with Crippen LogP contribution in [0.3, 0.4) is 0 Å². The van der Waals surface area contributed by atoms with Crippen LogP contribution in [0, 0.1) is 11.3 Å². The van der Waals surface area contributed by atoms with Crippen LogP contribution in [-0.2, 0) is 11.3 Å². The van der Waals surface area contributed by atoms with Crippen LogP contribution in [0.25, 0.3) is 0 Å². The van der Waals surface area contributed by atoms with Crippen molar-refractivity contribution in [2.24, 2.45) is 0 Å². The highest BCUT2D eigenvalue weighted by molar-refractivity contribution is 5.96. The first-order valence-corrected chi connectivity index (χ1v) is 6.92. The van der Waals surface area contributed by atoms with Gasteiger partial charge in [-0.3, -0.25) is 9.59 Å². The van der Waals surface area contributed by atoms with E-state index >= 15 is 0 Å². The number of hydrogen-bond acceptors (Lipinski definition) is 4. The highest BCUT2D eigenvalue weighted by Gasteiger charge is 2.09. The fraction of sp³-hybridized carbons (Fsp3) is 0.118. The first kappa shape index (κ1) is 16.0. The van der Waals surface area contributed by atoms with Gasteiger partial charge in [-0.1, -0.05) is 24.3 Å². The van der Waals surface area contributed by atoms with Gasteiger partial charge in [-0.15, -0.1) is 0 Å². The number of phenols is 1. The molecule has 3 N–H and O–H groups in total. The maximum atomic E-state index is 12.0. The van der Waals surface area contributed by atoms with Crippen LogP contribution in [0.5, 0.6) is 5.75 Å². The summed E-state index contributed by atoms with van der Waals surface area (Å²) in [7, 11) is 0. The average Bonchev–Trinajstić information content (AvgIpc) is 2.53. The largest absolute Gasteiger partial charge is 0.507 e. The molecule has 0 bridgehead atoms. The zero-order valence-corrected chi connectivity index (χ0v) is 12.2. The summed E-state index contributed by atoms with van der Waals surface area (Å²) in [5, 5.41) is 23.4. The summed E-state index contributed by atoms with van der Waals surface area (Å²) in [5.41, 5.74) is 1.54. The molecule has 0 radical (unpaired) electrons. The summed E-state index contributed by atoms with van der Waals surface area (Å²) in [5.74, 6) is -0.854. The normalized spacial score (nSPS) is 9.70. The highest BCUT2D eigenvalue weighted by Crippen LogP contribution is 2.16. The van der Waals surface area contributed by atoms with Crippen molar-refractivity contribution in [3.05, 3.63) is 59.7 Å². The molecule has 116 valence electrons. The second-order valence-electron chi connectivity index (χ2n) is 4.78. The van der Waals surface area contributed by atoms with E-state index in [0.717, 1.165) is 5.56 Å². The summed E-state index contributed by atoms with van der Waals surface area (Å²) in [6.07, 6.45) is -0.214. The van der Waals surface area contributed by atoms with Crippen molar-refractivity contribution in [2.45, 2.75) is 13.0 Å². The third kappa shape index (κ3) is 4.58. The number of benzene rings is 2. The standard InChI is InChI=1S/C17H15N3O3/c18-9-8-16(22)20-13-5-3-4-12(10-13)11-19-17(23)14-6-1-2-7-15(14)21/h1-7,10,21H,8,11H2,(H,19,23)(H,20,22). The minimum atomic E-state index is -0.387. The Hall–Kier alpha value is -3.33. The zero-order valence-electron chi connectivity index (χ0n) is 12.2. The fourth-order valence-electron chi connectivity index (χ4n) is 1.98. The van der Waals surface area contributed by atoms with Crippen molar-refractivity contribution >= 4 is 17.5 Å². The molecule has 0 saturated carbocycles. The minimum absolute atomic E-state index is 0.0810. The van der Waals surface area contributed by atoms with Crippen LogP contribution in [0.2, 0.25) is 0 Å². The van der Waals surface area contributed by atoms with Gasteiger partial charge in [-0.2, -0.15) is 5.26 Å². The third-order valence-electron chi connectivity index (χ3n) is 3.05. The Labute approximate surface area is 133 Å². The predicted octanol–water partition coefficient (Wildman–Crippen LogP) is 2.17. The Morgan fingerprint density at radius 2 is 1.91 bits per heavy atom. The van der Waals surface area contributed by atoms with Gasteiger partial charge < -0.3 is 15.7 Å². The molecule has 0 atom stereocenters. The van der Waals surface area contributed by atoms with Gasteiger partial charge in [0.05, 0.1) is 11.6 Å². The van der Waals surface area contributed by atoms with Gasteiger partial charge >= 0.3 is 0 Å². The number of hydrogen-bond donors (Lipinski definition) is 3. The zero-order chi connectivity index (χ0) is 16.7. The maximum absolute atomic E-state index is 12.0. The first-order chi connectivity index (χ1) is 11.1. The maximum Gasteiger partial charge on any atom is 0.255 e. The lowest BCUT2D eigenvalue weighted by molar-refractivity contribution is -0.115. The number of aromatic hydroxyl groups is 1. The second kappa shape index (κ2) is 7.61. The first-order valence-electron chi connectivity index (χ1n) is 6.92. The number of phenolic OH excluding ortho intramolecular Hbond substituents is 1. The Bertz CT molecular complexity index is 766. The molecule has 0 fully saturated rings. The highest BCUT2D eigenvalue weighted by atomic mass is 16.3. The Kier molecular flexibility index (Phi) is 5.31. The number of para-hydroxylation sites is 1. The Morgan fingerprint density at radius 3 is 2.65 bits per heavy atom. The van der Waals surface area contributed by atoms with E-state index in [0.29, 0.717) is 5.69 Å². The number of anilines is 1. The fourth-order valence-corrected chi connectivity index (χ4v) is 1.98. The molecule has 0 heterocycles. The van der Waals surface area contributed by atoms with Crippen LogP contribution in [-0.4, -0.2) is 16.9 Å². The number of amides is 2. The molecule has 0 saturated heterocycles. The molecule has 6 nitrogen and oxygen atoms in total. The van der Waals surface area contributed by atoms with Crippen molar-refractivity contribution in [2.75, 3.05) is 5.32 Å². The van der Waals surface area contributed by atoms with Gasteiger partial charge in [0.2, 0.25) is 5.91 Å². The number of nitrogens with one attached hydrogen (secondary N) is 2. The average molecular weight is 309 g/mol. The number of carbonyl (C=O) groups is 2. The SMILES string of the molecule is N#CCC(=O)Nc1cccc(CNC(=O)c2ccccc2O)c1. The summed E-state index contributed by atoms with van der Waals surface area (Å²) in [6.45, 7) is 0.245. The van der Waals surface area contributed by atoms with Crippen molar-refractivity contribution in [1.82, 2.24) is 5.32 Å². The van der Waals surface area contributed by atoms with E-state index in [-0.39, 0.29) is 36.1 Å². The van der Waals surface area contributed by atoms with Crippen molar-refractivity contribution in [1.29, 1.82) is 5.26 Å². The Balaban J connectivity index is 1.98. The lowest BCUT2D eigenvalue weighted by Crippen LogP contribution is -2.23. The molecule has 0 unspecified atom stereocenters. The molecule has 2 amide bonds. The molecule has 0 aromatic heterocycles. The van der Waals surface area contributed by atoms with Gasteiger partial charge in [0, 0.05) is 12.2 Å². The predicted molar refractivity (Wildman–Crippen MR) is 84.6 cm³/mol. The molecule has 6 heteroatoms. The monoisotopic (exact) mass is 309 g/mol. The van der Waals surface area contributed by atoms with Crippen LogP contribution >= 0.6 is 0 Å². The third-order valence-corrected chi connectivity index (χ3v) is 3.05. The molecular formula is C17H15N3O3. The molecule has 0 aliphatic rings. The number of nitrogens with zero attached hydrogens (tertiary/aromatic N) is 1. The van der Waals surface area contributed by atoms with Crippen molar-refractivity contribution in [3.8, 4) is 11.8 Å². The van der Waals surface area contributed by atoms with Gasteiger partial charge in [0.15, 0.2) is 0 Å². The molecular weight excluding hydrogens is 294 g/mol. The van der Waals surface area contributed by atoms with E-state index in [1.807, 2.05) is 0 Å². The van der Waals surface area contributed by atoms with E-state index in [9.17, 15) is 14.7 Å². The van der Waals surface area contributed by atoms with Crippen LogP contribution in [0.15, 0.2) is 48.5 Å². The molecule has 2 rings (SSSR count). The summed E-state index contributed by atoms with van der Waals surface area (Å²) >= 11 is 0. The van der Waals surface area contributed by atoms with Crippen LogP contribution in [0.4, 0.5) is 5.69 Å². The minimum Gasteiger partial charge on any atom is -0.507 e. The van der Waals surface area contributed by atoms with Crippen molar-refractivity contribution in [3.63, 3.8) is 0 Å². The van der Waals surface area contributed by atoms with Crippen LogP contribution in [0.1, 0.15) is 22.3 Å². The molecule has 2 aromatic carbocycles. The van der Waals surface area contributed by atoms with Gasteiger partial charge in [-0.05, 0) is 29.8 Å². The van der Waals surface area contributed by atoms with E-state index in [1.165, 1.54) is 12.1 Å². The number of carbonyl (C=O) groups excluding carboxylic acids is 2. The van der Waals surface area contributed by atoms with Gasteiger partial charge in [0.25, 0.3) is 5.91 Å². The van der Waals surface area contributed by atoms with Crippen LogP contribution < -0.4 is 10.6 Å². The Morgan fingerprint density at radius 1 is 1.13 bits per heavy atom. The quantitative estimate of drug-likeness (QED) is 0.787. The van der Waals surface area contributed by atoms with E-state index in [4.69, 9.17) is 5.26 Å². The van der Waals surface area contributed by atoms with Gasteiger partial charge in [-0.25, -0.2) is 0 Å². The summed E-state index contributed by atoms with van der Waals surface area (Å²) in [4.78, 5) is 23.4. The molecule has 0 aliphatic heterocycles. The molecule has 2 aromatic rings. The smallest absolute Gasteiger partial charge is 0.255 e. The van der Waals surface area contributed by atoms with E-state index in [2.05, 4.69) is 10.6 Å². The number of nitriles is 1. The summed E-state index contributed by atoms with van der Waals surface area (Å²) < 4.78 is 0. The van der Waals surface area contributed by atoms with Crippen molar-refractivity contribution < 1.29 is 14.7 Å². The second-order valence-corrected chi connectivity index (χ2v) is 4.78. The summed E-state index contributed by atoms with van der Waals surface area (Å²) in [6, 6.07) is 15.0. The number of rotatable bonds is 5. The topological polar surface area (TPSA) is 102 Å². The van der Waals surface area contributed by atoms with E-state index in [1.54, 1.807) is 42.5 Å². The lowest BCUT2D eigenvalue weighted by atomic mass is 10.1. The molecule has 0 spiro atoms. The van der Waals surface area contributed by atoms with E-state index < -0.39 is 0 Å². The van der Waals surface area contributed by atoms with Gasteiger partial charge in [0.1, 0.15) is 12.2 Å².